The summed E-state index contributed by atoms with van der Waals surface area (Å²) in [5.74, 6) is 0.326. The first kappa shape index (κ1) is 19.0. The summed E-state index contributed by atoms with van der Waals surface area (Å²) in [6.45, 7) is 0. The summed E-state index contributed by atoms with van der Waals surface area (Å²) in [7, 11) is 0. The van der Waals surface area contributed by atoms with E-state index in [1.54, 1.807) is 6.21 Å². The number of para-hydroxylation sites is 2. The molecule has 0 atom stereocenters. The molecule has 0 bridgehead atoms. The molecule has 0 saturated heterocycles. The van der Waals surface area contributed by atoms with Gasteiger partial charge in [0.15, 0.2) is 5.13 Å². The zero-order chi connectivity index (χ0) is 19.9. The van der Waals surface area contributed by atoms with Crippen molar-refractivity contribution in [3.05, 3.63) is 100 Å². The van der Waals surface area contributed by atoms with E-state index in [0.717, 1.165) is 16.9 Å². The molecule has 1 N–H and O–H groups in total. The molecule has 29 heavy (non-hydrogen) atoms. The van der Waals surface area contributed by atoms with E-state index in [-0.39, 0.29) is 0 Å². The molecule has 0 spiro atoms. The molecule has 0 unspecified atom stereocenters. The van der Waals surface area contributed by atoms with Crippen LogP contribution in [-0.2, 0) is 0 Å². The van der Waals surface area contributed by atoms with E-state index in [1.165, 1.54) is 11.3 Å². The third-order valence-electron chi connectivity index (χ3n) is 3.79. The van der Waals surface area contributed by atoms with Crippen LogP contribution in [0.25, 0.3) is 0 Å². The average molecular weight is 418 g/mol. The van der Waals surface area contributed by atoms with Gasteiger partial charge in [-0.05, 0) is 42.0 Å². The summed E-state index contributed by atoms with van der Waals surface area (Å²) in [5, 5.41) is 4.63. The molecule has 1 heterocycles. The highest BCUT2D eigenvalue weighted by Crippen LogP contribution is 2.19. The maximum Gasteiger partial charge on any atom is 0.254 e. The van der Waals surface area contributed by atoms with Gasteiger partial charge in [0.25, 0.3) is 5.95 Å². The molecule has 0 radical (unpaired) electrons. The Labute approximate surface area is 177 Å². The molecule has 5 nitrogen and oxygen atoms in total. The smallest absolute Gasteiger partial charge is 0.254 e. The normalized spacial score (nSPS) is 11.7. The van der Waals surface area contributed by atoms with Crippen LogP contribution in [0.2, 0.25) is 5.02 Å². The third kappa shape index (κ3) is 5.57. The van der Waals surface area contributed by atoms with Crippen LogP contribution < -0.4 is 10.1 Å². The molecule has 0 amide bonds. The van der Waals surface area contributed by atoms with Crippen molar-refractivity contribution in [1.82, 2.24) is 9.97 Å². The standard InChI is InChI=1S/C22H16ClN5S/c23-17-13-11-16(12-14-17)15-24-20-27-21(25-18-7-3-1-4-8-18)29-22(28-20)26-19-9-5-2-6-10-19/h1-15H,(H,25,26,27,28)/b24-15+. The van der Waals surface area contributed by atoms with Gasteiger partial charge in [0, 0.05) is 16.9 Å². The Kier molecular flexibility index (Phi) is 6.04. The minimum absolute atomic E-state index is 0.326. The van der Waals surface area contributed by atoms with Gasteiger partial charge in [-0.15, -0.1) is 0 Å². The van der Waals surface area contributed by atoms with Gasteiger partial charge in [-0.2, -0.15) is 9.97 Å². The molecule has 0 aliphatic rings. The number of benzene rings is 3. The summed E-state index contributed by atoms with van der Waals surface area (Å²) in [6, 6.07) is 26.9. The Hall–Kier alpha value is -3.35. The van der Waals surface area contributed by atoms with Crippen molar-refractivity contribution in [2.24, 2.45) is 9.98 Å². The van der Waals surface area contributed by atoms with E-state index in [0.29, 0.717) is 20.9 Å². The number of aromatic nitrogens is 2. The van der Waals surface area contributed by atoms with Crippen molar-refractivity contribution in [3.63, 3.8) is 0 Å². The summed E-state index contributed by atoms with van der Waals surface area (Å²) in [4.78, 5) is 18.6. The number of rotatable bonds is 5. The number of aliphatic imine (C=N–C) groups is 1. The highest BCUT2D eigenvalue weighted by molar-refractivity contribution is 7.12. The Morgan fingerprint density at radius 2 is 1.52 bits per heavy atom. The van der Waals surface area contributed by atoms with Gasteiger partial charge in [-0.1, -0.05) is 71.5 Å². The van der Waals surface area contributed by atoms with Crippen molar-refractivity contribution in [3.8, 4) is 0 Å². The van der Waals surface area contributed by atoms with Gasteiger partial charge < -0.3 is 5.32 Å². The number of halogens is 1. The van der Waals surface area contributed by atoms with Crippen LogP contribution in [0, 0.1) is 0 Å². The number of hydrogen-bond donors (Lipinski definition) is 1. The van der Waals surface area contributed by atoms with Crippen molar-refractivity contribution in [2.75, 3.05) is 5.32 Å². The number of hydrogen-bond acceptors (Lipinski definition) is 6. The van der Waals surface area contributed by atoms with Crippen LogP contribution in [0.15, 0.2) is 94.9 Å². The summed E-state index contributed by atoms with van der Waals surface area (Å²) >= 11 is 7.29. The minimum atomic E-state index is 0.326. The first-order valence-electron chi connectivity index (χ1n) is 8.85. The molecule has 0 fully saturated rings. The lowest BCUT2D eigenvalue weighted by atomic mass is 10.2. The van der Waals surface area contributed by atoms with Gasteiger partial charge >= 0.3 is 0 Å². The molecule has 142 valence electrons. The molecule has 0 aliphatic heterocycles. The number of nitrogens with zero attached hydrogens (tertiary/aromatic N) is 4. The second kappa shape index (κ2) is 9.23. The van der Waals surface area contributed by atoms with Crippen molar-refractivity contribution < 1.29 is 0 Å². The molecule has 0 saturated carbocycles. The van der Waals surface area contributed by atoms with Crippen LogP contribution in [0.1, 0.15) is 5.56 Å². The fraction of sp³-hybridized carbons (Fsp3) is 0. The van der Waals surface area contributed by atoms with Crippen molar-refractivity contribution in [2.45, 2.75) is 0 Å². The minimum Gasteiger partial charge on any atom is -0.331 e. The predicted octanol–water partition coefficient (Wildman–Crippen LogP) is 5.92. The van der Waals surface area contributed by atoms with Crippen LogP contribution in [0.5, 0.6) is 0 Å². The maximum atomic E-state index is 5.94. The zero-order valence-corrected chi connectivity index (χ0v) is 16.8. The second-order valence-corrected chi connectivity index (χ2v) is 7.35. The maximum absolute atomic E-state index is 5.94. The molecular formula is C22H16ClN5S. The molecular weight excluding hydrogens is 402 g/mol. The first-order valence-corrected chi connectivity index (χ1v) is 10.0. The monoisotopic (exact) mass is 417 g/mol. The van der Waals surface area contributed by atoms with Crippen molar-refractivity contribution >= 4 is 51.6 Å². The Bertz CT molecular complexity index is 1170. The van der Waals surface area contributed by atoms with E-state index in [1.807, 2.05) is 84.9 Å². The molecule has 0 aliphatic carbocycles. The molecule has 4 rings (SSSR count). The van der Waals surface area contributed by atoms with Crippen LogP contribution in [0.4, 0.5) is 22.5 Å². The topological polar surface area (TPSA) is 62.5 Å². The number of anilines is 2. The van der Waals surface area contributed by atoms with Crippen LogP contribution in [-0.4, -0.2) is 16.2 Å². The molecule has 1 aromatic heterocycles. The molecule has 3 aromatic carbocycles. The van der Waals surface area contributed by atoms with Crippen molar-refractivity contribution in [1.29, 1.82) is 0 Å². The lowest BCUT2D eigenvalue weighted by molar-refractivity contribution is 1.12. The molecule has 4 aromatic rings. The van der Waals surface area contributed by atoms with Gasteiger partial charge in [0.1, 0.15) is 0 Å². The lowest BCUT2D eigenvalue weighted by Crippen LogP contribution is -2.06. The Morgan fingerprint density at radius 1 is 0.828 bits per heavy atom. The summed E-state index contributed by atoms with van der Waals surface area (Å²) < 4.78 is 0. The van der Waals surface area contributed by atoms with E-state index < -0.39 is 0 Å². The fourth-order valence-electron chi connectivity index (χ4n) is 2.43. The largest absolute Gasteiger partial charge is 0.331 e. The van der Waals surface area contributed by atoms with Gasteiger partial charge in [0.05, 0.1) is 5.69 Å². The second-order valence-electron chi connectivity index (χ2n) is 5.96. The summed E-state index contributed by atoms with van der Waals surface area (Å²) in [5.41, 5.74) is 2.66. The highest BCUT2D eigenvalue weighted by Gasteiger charge is 2.03. The third-order valence-corrected chi connectivity index (χ3v) is 4.79. The van der Waals surface area contributed by atoms with E-state index in [4.69, 9.17) is 11.6 Å². The van der Waals surface area contributed by atoms with Gasteiger partial charge in [0.2, 0.25) is 4.80 Å². The Morgan fingerprint density at radius 3 is 2.24 bits per heavy atom. The fourth-order valence-corrected chi connectivity index (χ4v) is 3.31. The number of nitrogens with one attached hydrogen (secondary N) is 1. The predicted molar refractivity (Wildman–Crippen MR) is 120 cm³/mol. The average Bonchev–Trinajstić information content (AvgIpc) is 2.75. The zero-order valence-electron chi connectivity index (χ0n) is 15.2. The summed E-state index contributed by atoms with van der Waals surface area (Å²) in [6.07, 6.45) is 1.70. The van der Waals surface area contributed by atoms with Crippen LogP contribution >= 0.6 is 22.9 Å². The molecule has 7 heteroatoms. The Balaban J connectivity index is 1.71. The van der Waals surface area contributed by atoms with Crippen LogP contribution in [0.3, 0.4) is 0 Å². The lowest BCUT2D eigenvalue weighted by Gasteiger charge is -2.04. The van der Waals surface area contributed by atoms with E-state index >= 15 is 0 Å². The van der Waals surface area contributed by atoms with E-state index in [2.05, 4.69) is 25.3 Å². The first-order chi connectivity index (χ1) is 14.2. The highest BCUT2D eigenvalue weighted by atomic mass is 35.5. The van der Waals surface area contributed by atoms with E-state index in [9.17, 15) is 0 Å². The SMILES string of the molecule is Clc1ccc(/C=N/c2nc(Nc3ccccc3)sc(=Nc3ccccc3)n2)cc1. The van der Waals surface area contributed by atoms with Gasteiger partial charge in [-0.3, -0.25) is 0 Å². The van der Waals surface area contributed by atoms with Gasteiger partial charge in [-0.25, -0.2) is 9.98 Å². The quantitative estimate of drug-likeness (QED) is 0.410.